The highest BCUT2D eigenvalue weighted by Gasteiger charge is 2.32. The lowest BCUT2D eigenvalue weighted by Gasteiger charge is -2.27. The van der Waals surface area contributed by atoms with Crippen LogP contribution >= 0.6 is 0 Å². The molecule has 0 spiro atoms. The molecule has 1 atom stereocenters. The summed E-state index contributed by atoms with van der Waals surface area (Å²) in [5.74, 6) is -0.835. The summed E-state index contributed by atoms with van der Waals surface area (Å²) < 4.78 is 5.52. The Hall–Kier alpha value is -2.04. The van der Waals surface area contributed by atoms with Gasteiger partial charge in [-0.1, -0.05) is 39.0 Å². The zero-order chi connectivity index (χ0) is 16.2. The van der Waals surface area contributed by atoms with E-state index in [9.17, 15) is 14.7 Å². The Morgan fingerprint density at radius 3 is 2.19 bits per heavy atom. The van der Waals surface area contributed by atoms with E-state index in [1.165, 1.54) is 0 Å². The van der Waals surface area contributed by atoms with Crippen molar-refractivity contribution < 1.29 is 19.4 Å². The average molecular weight is 293 g/mol. The molecule has 116 valence electrons. The summed E-state index contributed by atoms with van der Waals surface area (Å²) in [5, 5.41) is 11.7. The van der Waals surface area contributed by atoms with Crippen LogP contribution in [0, 0.1) is 19.3 Å². The van der Waals surface area contributed by atoms with Crippen LogP contribution in [0.25, 0.3) is 0 Å². The Morgan fingerprint density at radius 1 is 1.24 bits per heavy atom. The first-order valence-corrected chi connectivity index (χ1v) is 6.84. The molecule has 0 fully saturated rings. The molecule has 0 radical (unpaired) electrons. The number of carboxylic acid groups (broad SMARTS) is 1. The highest BCUT2D eigenvalue weighted by Crippen LogP contribution is 2.22. The van der Waals surface area contributed by atoms with Gasteiger partial charge < -0.3 is 15.2 Å². The van der Waals surface area contributed by atoms with E-state index in [4.69, 9.17) is 4.74 Å². The zero-order valence-electron chi connectivity index (χ0n) is 13.2. The predicted octanol–water partition coefficient (Wildman–Crippen LogP) is 2.30. The van der Waals surface area contributed by atoms with Crippen LogP contribution in [0.2, 0.25) is 0 Å². The van der Waals surface area contributed by atoms with Gasteiger partial charge in [0.1, 0.15) is 11.8 Å². The molecular weight excluding hydrogens is 270 g/mol. The predicted molar refractivity (Wildman–Crippen MR) is 80.4 cm³/mol. The number of nitrogens with one attached hydrogen (secondary N) is 1. The summed E-state index contributed by atoms with van der Waals surface area (Å²) in [6, 6.07) is 4.76. The van der Waals surface area contributed by atoms with Gasteiger partial charge in [0.15, 0.2) is 6.61 Å². The van der Waals surface area contributed by atoms with Gasteiger partial charge in [-0.05, 0) is 30.4 Å². The first-order chi connectivity index (χ1) is 9.62. The fraction of sp³-hybridized carbons (Fsp3) is 0.500. The SMILES string of the molecule is Cc1cccc(C)c1OCC(=O)NC(C(=O)O)C(C)(C)C. The Labute approximate surface area is 125 Å². The van der Waals surface area contributed by atoms with Crippen molar-refractivity contribution in [2.75, 3.05) is 6.61 Å². The molecule has 21 heavy (non-hydrogen) atoms. The quantitative estimate of drug-likeness (QED) is 0.873. The molecule has 1 aromatic rings. The molecule has 5 nitrogen and oxygen atoms in total. The molecule has 1 unspecified atom stereocenters. The molecular formula is C16H23NO4. The van der Waals surface area contributed by atoms with Crippen LogP contribution in [0.1, 0.15) is 31.9 Å². The van der Waals surface area contributed by atoms with Gasteiger partial charge in [0.25, 0.3) is 5.91 Å². The number of benzene rings is 1. The summed E-state index contributed by atoms with van der Waals surface area (Å²) in [4.78, 5) is 23.1. The van der Waals surface area contributed by atoms with Gasteiger partial charge in [-0.2, -0.15) is 0 Å². The number of hydrogen-bond acceptors (Lipinski definition) is 3. The van der Waals surface area contributed by atoms with Gasteiger partial charge in [-0.15, -0.1) is 0 Å². The molecule has 0 aliphatic carbocycles. The molecule has 0 bridgehead atoms. The van der Waals surface area contributed by atoms with Crippen LogP contribution in [0.3, 0.4) is 0 Å². The number of ether oxygens (including phenoxy) is 1. The number of amides is 1. The molecule has 5 heteroatoms. The molecule has 1 rings (SSSR count). The smallest absolute Gasteiger partial charge is 0.326 e. The Balaban J connectivity index is 2.68. The monoisotopic (exact) mass is 293 g/mol. The largest absolute Gasteiger partial charge is 0.483 e. The second kappa shape index (κ2) is 6.61. The summed E-state index contributed by atoms with van der Waals surface area (Å²) in [5.41, 5.74) is 1.31. The number of carbonyl (C=O) groups excluding carboxylic acids is 1. The molecule has 1 aromatic carbocycles. The van der Waals surface area contributed by atoms with E-state index >= 15 is 0 Å². The van der Waals surface area contributed by atoms with E-state index in [1.807, 2.05) is 32.0 Å². The normalized spacial score (nSPS) is 12.6. The lowest BCUT2D eigenvalue weighted by molar-refractivity contribution is -0.145. The van der Waals surface area contributed by atoms with Crippen molar-refractivity contribution in [1.29, 1.82) is 0 Å². The summed E-state index contributed by atoms with van der Waals surface area (Å²) in [7, 11) is 0. The van der Waals surface area contributed by atoms with Crippen LogP contribution < -0.4 is 10.1 Å². The van der Waals surface area contributed by atoms with E-state index in [2.05, 4.69) is 5.32 Å². The first kappa shape index (κ1) is 17.0. The Bertz CT molecular complexity index is 511. The Kier molecular flexibility index (Phi) is 5.35. The fourth-order valence-corrected chi connectivity index (χ4v) is 2.02. The van der Waals surface area contributed by atoms with Crippen molar-refractivity contribution in [1.82, 2.24) is 5.32 Å². The van der Waals surface area contributed by atoms with Gasteiger partial charge in [0.2, 0.25) is 0 Å². The lowest BCUT2D eigenvalue weighted by Crippen LogP contribution is -2.50. The van der Waals surface area contributed by atoms with Crippen LogP contribution in [-0.4, -0.2) is 29.6 Å². The third kappa shape index (κ3) is 4.77. The van der Waals surface area contributed by atoms with Crippen LogP contribution in [0.15, 0.2) is 18.2 Å². The summed E-state index contributed by atoms with van der Waals surface area (Å²) in [6.45, 7) is 8.88. The molecule has 0 aliphatic heterocycles. The lowest BCUT2D eigenvalue weighted by atomic mass is 9.87. The number of rotatable bonds is 5. The van der Waals surface area contributed by atoms with E-state index < -0.39 is 23.3 Å². The van der Waals surface area contributed by atoms with Crippen molar-refractivity contribution in [2.24, 2.45) is 5.41 Å². The van der Waals surface area contributed by atoms with Crippen molar-refractivity contribution >= 4 is 11.9 Å². The molecule has 2 N–H and O–H groups in total. The average Bonchev–Trinajstić information content (AvgIpc) is 2.33. The molecule has 0 aliphatic rings. The first-order valence-electron chi connectivity index (χ1n) is 6.84. The fourth-order valence-electron chi connectivity index (χ4n) is 2.02. The van der Waals surface area contributed by atoms with Gasteiger partial charge in [-0.3, -0.25) is 4.79 Å². The number of aliphatic carboxylic acids is 1. The van der Waals surface area contributed by atoms with Gasteiger partial charge in [0, 0.05) is 0 Å². The summed E-state index contributed by atoms with van der Waals surface area (Å²) in [6.07, 6.45) is 0. The second-order valence-electron chi connectivity index (χ2n) is 6.21. The molecule has 0 saturated carbocycles. The molecule has 1 amide bonds. The van der Waals surface area contributed by atoms with Crippen LogP contribution in [-0.2, 0) is 9.59 Å². The molecule has 0 saturated heterocycles. The van der Waals surface area contributed by atoms with Gasteiger partial charge >= 0.3 is 5.97 Å². The van der Waals surface area contributed by atoms with Gasteiger partial charge in [0.05, 0.1) is 0 Å². The zero-order valence-corrected chi connectivity index (χ0v) is 13.2. The highest BCUT2D eigenvalue weighted by atomic mass is 16.5. The van der Waals surface area contributed by atoms with E-state index in [0.29, 0.717) is 5.75 Å². The number of carbonyl (C=O) groups is 2. The maximum absolute atomic E-state index is 11.9. The molecule has 0 aromatic heterocycles. The van der Waals surface area contributed by atoms with Crippen molar-refractivity contribution in [3.05, 3.63) is 29.3 Å². The second-order valence-corrected chi connectivity index (χ2v) is 6.21. The topological polar surface area (TPSA) is 75.6 Å². The van der Waals surface area contributed by atoms with Crippen LogP contribution in [0.4, 0.5) is 0 Å². The number of hydrogen-bond donors (Lipinski definition) is 2. The standard InChI is InChI=1S/C16H23NO4/c1-10-7-6-8-11(2)13(10)21-9-12(18)17-14(15(19)20)16(3,4)5/h6-8,14H,9H2,1-5H3,(H,17,18)(H,19,20). The van der Waals surface area contributed by atoms with Crippen molar-refractivity contribution in [2.45, 2.75) is 40.7 Å². The van der Waals surface area contributed by atoms with E-state index in [1.54, 1.807) is 20.8 Å². The van der Waals surface area contributed by atoms with E-state index in [-0.39, 0.29) is 6.61 Å². The maximum Gasteiger partial charge on any atom is 0.326 e. The minimum absolute atomic E-state index is 0.203. The number of carboxylic acids is 1. The van der Waals surface area contributed by atoms with Gasteiger partial charge in [-0.25, -0.2) is 4.79 Å². The van der Waals surface area contributed by atoms with Crippen molar-refractivity contribution in [3.8, 4) is 5.75 Å². The third-order valence-corrected chi connectivity index (χ3v) is 3.17. The number of aryl methyl sites for hydroxylation is 2. The minimum Gasteiger partial charge on any atom is -0.483 e. The highest BCUT2D eigenvalue weighted by molar-refractivity contribution is 5.85. The minimum atomic E-state index is -1.05. The number of para-hydroxylation sites is 1. The van der Waals surface area contributed by atoms with Crippen molar-refractivity contribution in [3.63, 3.8) is 0 Å². The van der Waals surface area contributed by atoms with Crippen LogP contribution in [0.5, 0.6) is 5.75 Å². The third-order valence-electron chi connectivity index (χ3n) is 3.17. The summed E-state index contributed by atoms with van der Waals surface area (Å²) >= 11 is 0. The van der Waals surface area contributed by atoms with E-state index in [0.717, 1.165) is 11.1 Å². The molecule has 0 heterocycles. The Morgan fingerprint density at radius 2 is 1.76 bits per heavy atom. The maximum atomic E-state index is 11.9.